The van der Waals surface area contributed by atoms with Crippen LogP contribution in [-0.4, -0.2) is 46.7 Å². The van der Waals surface area contributed by atoms with Crippen molar-refractivity contribution in [3.05, 3.63) is 0 Å². The Bertz CT molecular complexity index is 327. The highest BCUT2D eigenvalue weighted by Crippen LogP contribution is 2.28. The minimum Gasteiger partial charge on any atom is -0.480 e. The summed E-state index contributed by atoms with van der Waals surface area (Å²) < 4.78 is 5.66. The Balaban J connectivity index is 1.76. The highest BCUT2D eigenvalue weighted by Gasteiger charge is 2.34. The molecule has 2 atom stereocenters. The van der Waals surface area contributed by atoms with Crippen LogP contribution >= 0.6 is 0 Å². The number of aliphatic carboxylic acids is 1. The van der Waals surface area contributed by atoms with Gasteiger partial charge in [0.25, 0.3) is 0 Å². The van der Waals surface area contributed by atoms with E-state index in [1.54, 1.807) is 0 Å². The normalized spacial score (nSPS) is 27.2. The van der Waals surface area contributed by atoms with Crippen LogP contribution in [0.3, 0.4) is 0 Å². The summed E-state index contributed by atoms with van der Waals surface area (Å²) in [4.78, 5) is 24.3. The number of carbonyl (C=O) groups is 2. The summed E-state index contributed by atoms with van der Waals surface area (Å²) in [5.74, 6) is -0.968. The first kappa shape index (κ1) is 13.3. The summed E-state index contributed by atoms with van der Waals surface area (Å²) in [6.45, 7) is 1.88. The number of nitrogens with zero attached hydrogens (tertiary/aromatic N) is 1. The number of carbonyl (C=O) groups excluding carboxylic acids is 1. The van der Waals surface area contributed by atoms with Gasteiger partial charge in [-0.3, -0.25) is 9.59 Å². The van der Waals surface area contributed by atoms with Crippen LogP contribution in [0.2, 0.25) is 0 Å². The average Bonchev–Trinajstić information content (AvgIpc) is 3.06. The third kappa shape index (κ3) is 3.70. The molecule has 0 spiro atoms. The van der Waals surface area contributed by atoms with Crippen LogP contribution in [0.5, 0.6) is 0 Å². The monoisotopic (exact) mass is 255 g/mol. The van der Waals surface area contributed by atoms with Gasteiger partial charge in [0.1, 0.15) is 6.54 Å². The molecule has 0 aromatic heterocycles. The standard InChI is InChI=1S/C13H21NO4/c1-9-2-5-11(18-9)6-7-12(15)14(8-13(16)17)10-3-4-10/h9-11H,2-8H2,1H3,(H,16,17). The smallest absolute Gasteiger partial charge is 0.323 e. The molecule has 5 heteroatoms. The summed E-state index contributed by atoms with van der Waals surface area (Å²) in [6.07, 6.45) is 5.54. The molecule has 2 aliphatic rings. The van der Waals surface area contributed by atoms with Gasteiger partial charge in [0.15, 0.2) is 0 Å². The molecule has 2 unspecified atom stereocenters. The Morgan fingerprint density at radius 2 is 2.00 bits per heavy atom. The maximum Gasteiger partial charge on any atom is 0.323 e. The van der Waals surface area contributed by atoms with Crippen molar-refractivity contribution in [1.29, 1.82) is 0 Å². The molecule has 1 N–H and O–H groups in total. The summed E-state index contributed by atoms with van der Waals surface area (Å²) in [5, 5.41) is 8.81. The molecule has 102 valence electrons. The zero-order chi connectivity index (χ0) is 13.1. The lowest BCUT2D eigenvalue weighted by atomic mass is 10.1. The Labute approximate surface area is 107 Å². The fourth-order valence-corrected chi connectivity index (χ4v) is 2.48. The van der Waals surface area contributed by atoms with E-state index in [-0.39, 0.29) is 24.6 Å². The lowest BCUT2D eigenvalue weighted by molar-refractivity contribution is -0.145. The molecule has 0 aromatic rings. The third-order valence-corrected chi connectivity index (χ3v) is 3.61. The van der Waals surface area contributed by atoms with Gasteiger partial charge in [-0.25, -0.2) is 0 Å². The molecule has 1 saturated carbocycles. The Hall–Kier alpha value is -1.10. The van der Waals surface area contributed by atoms with E-state index in [2.05, 4.69) is 0 Å². The van der Waals surface area contributed by atoms with Crippen LogP contribution in [-0.2, 0) is 14.3 Å². The van der Waals surface area contributed by atoms with Gasteiger partial charge in [0.05, 0.1) is 12.2 Å². The average molecular weight is 255 g/mol. The van der Waals surface area contributed by atoms with E-state index in [9.17, 15) is 9.59 Å². The zero-order valence-electron chi connectivity index (χ0n) is 10.8. The Morgan fingerprint density at radius 3 is 2.50 bits per heavy atom. The van der Waals surface area contributed by atoms with Crippen molar-refractivity contribution in [2.75, 3.05) is 6.54 Å². The van der Waals surface area contributed by atoms with E-state index in [1.165, 1.54) is 4.90 Å². The van der Waals surface area contributed by atoms with Gasteiger partial charge >= 0.3 is 5.97 Å². The predicted octanol–water partition coefficient (Wildman–Crippen LogP) is 1.41. The Morgan fingerprint density at radius 1 is 1.28 bits per heavy atom. The first-order valence-corrected chi connectivity index (χ1v) is 6.73. The second kappa shape index (κ2) is 5.69. The summed E-state index contributed by atoms with van der Waals surface area (Å²) in [6, 6.07) is 0.164. The number of hydrogen-bond donors (Lipinski definition) is 1. The lowest BCUT2D eigenvalue weighted by Gasteiger charge is -2.21. The van der Waals surface area contributed by atoms with Crippen molar-refractivity contribution in [3.8, 4) is 0 Å². The van der Waals surface area contributed by atoms with E-state index < -0.39 is 5.97 Å². The summed E-state index contributed by atoms with van der Waals surface area (Å²) in [7, 11) is 0. The van der Waals surface area contributed by atoms with Gasteiger partial charge in [-0.1, -0.05) is 0 Å². The van der Waals surface area contributed by atoms with Gasteiger partial charge in [-0.15, -0.1) is 0 Å². The fourth-order valence-electron chi connectivity index (χ4n) is 2.48. The minimum atomic E-state index is -0.930. The van der Waals surface area contributed by atoms with E-state index in [0.717, 1.165) is 25.7 Å². The van der Waals surface area contributed by atoms with Gasteiger partial charge in [-0.05, 0) is 39.0 Å². The van der Waals surface area contributed by atoms with Crippen molar-refractivity contribution in [1.82, 2.24) is 4.90 Å². The fraction of sp³-hybridized carbons (Fsp3) is 0.846. The molecule has 2 fully saturated rings. The SMILES string of the molecule is CC1CCC(CCC(=O)N(CC(=O)O)C2CC2)O1. The first-order valence-electron chi connectivity index (χ1n) is 6.73. The molecule has 1 saturated heterocycles. The second-order valence-corrected chi connectivity index (χ2v) is 5.33. The highest BCUT2D eigenvalue weighted by atomic mass is 16.5. The Kier molecular flexibility index (Phi) is 4.22. The quantitative estimate of drug-likeness (QED) is 0.779. The van der Waals surface area contributed by atoms with Crippen molar-refractivity contribution >= 4 is 11.9 Å². The summed E-state index contributed by atoms with van der Waals surface area (Å²) in [5.41, 5.74) is 0. The van der Waals surface area contributed by atoms with Crippen molar-refractivity contribution in [2.45, 2.75) is 63.7 Å². The van der Waals surface area contributed by atoms with Gasteiger partial charge in [-0.2, -0.15) is 0 Å². The van der Waals surface area contributed by atoms with Crippen LogP contribution in [0.25, 0.3) is 0 Å². The minimum absolute atomic E-state index is 0.0388. The number of carboxylic acids is 1. The molecule has 5 nitrogen and oxygen atoms in total. The van der Waals surface area contributed by atoms with Crippen molar-refractivity contribution in [3.63, 3.8) is 0 Å². The van der Waals surface area contributed by atoms with Crippen LogP contribution in [0, 0.1) is 0 Å². The predicted molar refractivity (Wildman–Crippen MR) is 65.2 cm³/mol. The maximum absolute atomic E-state index is 12.0. The number of amides is 1. The van der Waals surface area contributed by atoms with E-state index in [1.807, 2.05) is 6.92 Å². The molecule has 1 heterocycles. The largest absolute Gasteiger partial charge is 0.480 e. The van der Waals surface area contributed by atoms with Crippen molar-refractivity contribution in [2.24, 2.45) is 0 Å². The molecular formula is C13H21NO4. The zero-order valence-corrected chi connectivity index (χ0v) is 10.8. The van der Waals surface area contributed by atoms with Crippen LogP contribution in [0.4, 0.5) is 0 Å². The van der Waals surface area contributed by atoms with Crippen LogP contribution in [0.1, 0.15) is 45.4 Å². The molecular weight excluding hydrogens is 234 g/mol. The molecule has 1 amide bonds. The highest BCUT2D eigenvalue weighted by molar-refractivity contribution is 5.81. The topological polar surface area (TPSA) is 66.8 Å². The van der Waals surface area contributed by atoms with Gasteiger partial charge in [0.2, 0.25) is 5.91 Å². The van der Waals surface area contributed by atoms with E-state index in [4.69, 9.17) is 9.84 Å². The maximum atomic E-state index is 12.0. The lowest BCUT2D eigenvalue weighted by Crippen LogP contribution is -2.37. The number of hydrogen-bond acceptors (Lipinski definition) is 3. The van der Waals surface area contributed by atoms with Crippen molar-refractivity contribution < 1.29 is 19.4 Å². The molecule has 1 aliphatic heterocycles. The molecule has 0 bridgehead atoms. The molecule has 1 aliphatic carbocycles. The van der Waals surface area contributed by atoms with Crippen LogP contribution < -0.4 is 0 Å². The van der Waals surface area contributed by atoms with Crippen LogP contribution in [0.15, 0.2) is 0 Å². The molecule has 2 rings (SSSR count). The summed E-state index contributed by atoms with van der Waals surface area (Å²) >= 11 is 0. The molecule has 0 radical (unpaired) electrons. The van der Waals surface area contributed by atoms with E-state index >= 15 is 0 Å². The first-order chi connectivity index (χ1) is 8.56. The van der Waals surface area contributed by atoms with E-state index in [0.29, 0.717) is 18.9 Å². The van der Waals surface area contributed by atoms with Gasteiger partial charge < -0.3 is 14.7 Å². The third-order valence-electron chi connectivity index (χ3n) is 3.61. The number of carboxylic acid groups (broad SMARTS) is 1. The number of ether oxygens (including phenoxy) is 1. The molecule has 0 aromatic carbocycles. The second-order valence-electron chi connectivity index (χ2n) is 5.33. The molecule has 18 heavy (non-hydrogen) atoms. The number of rotatable bonds is 6. The van der Waals surface area contributed by atoms with Gasteiger partial charge in [0, 0.05) is 12.5 Å².